The van der Waals surface area contributed by atoms with E-state index in [0.29, 0.717) is 5.56 Å². The Morgan fingerprint density at radius 1 is 1.00 bits per heavy atom. The zero-order valence-electron chi connectivity index (χ0n) is 10.7. The van der Waals surface area contributed by atoms with E-state index in [2.05, 4.69) is 34.3 Å². The summed E-state index contributed by atoms with van der Waals surface area (Å²) < 4.78 is 0. The van der Waals surface area contributed by atoms with E-state index in [-0.39, 0.29) is 6.04 Å². The molecule has 0 aromatic heterocycles. The normalized spacial score (nSPS) is 15.2. The quantitative estimate of drug-likeness (QED) is 0.888. The first kappa shape index (κ1) is 12.2. The first-order valence-corrected chi connectivity index (χ1v) is 6.26. The molecule has 0 spiro atoms. The Kier molecular flexibility index (Phi) is 3.31. The van der Waals surface area contributed by atoms with Gasteiger partial charge in [0.15, 0.2) is 0 Å². The number of rotatable bonds is 3. The van der Waals surface area contributed by atoms with Gasteiger partial charge in [0, 0.05) is 0 Å². The molecule has 2 aromatic rings. The minimum absolute atomic E-state index is 0.0357. The van der Waals surface area contributed by atoms with Gasteiger partial charge in [0.05, 0.1) is 11.6 Å². The molecule has 0 radical (unpaired) electrons. The number of hydrogen-bond donors (Lipinski definition) is 2. The standard InChI is InChI=1S/C15H13N5/c16-10-12-6-8-14(9-7-12)15(20-18-11-17-19-20)13-4-2-1-3-5-13/h1-9,11,15,19H,(H,17,18). The number of hydrazine groups is 2. The summed E-state index contributed by atoms with van der Waals surface area (Å²) in [5, 5.41) is 14.7. The molecule has 5 nitrogen and oxygen atoms in total. The predicted octanol–water partition coefficient (Wildman–Crippen LogP) is 1.92. The van der Waals surface area contributed by atoms with Crippen LogP contribution in [0.1, 0.15) is 22.7 Å². The zero-order chi connectivity index (χ0) is 13.8. The maximum Gasteiger partial charge on any atom is 0.126 e. The molecule has 0 bridgehead atoms. The molecule has 0 saturated heterocycles. The van der Waals surface area contributed by atoms with E-state index in [1.165, 1.54) is 0 Å². The molecule has 1 aliphatic heterocycles. The summed E-state index contributed by atoms with van der Waals surface area (Å²) in [4.78, 5) is 0. The van der Waals surface area contributed by atoms with Crippen molar-refractivity contribution in [2.45, 2.75) is 6.04 Å². The van der Waals surface area contributed by atoms with Crippen molar-refractivity contribution in [3.8, 4) is 6.07 Å². The SMILES string of the molecule is N#Cc1ccc(C(c2ccccc2)N2NC=NN2)cc1. The lowest BCUT2D eigenvalue weighted by molar-refractivity contribution is 0.136. The van der Waals surface area contributed by atoms with Gasteiger partial charge in [-0.25, -0.2) is 5.53 Å². The number of nitrogens with one attached hydrogen (secondary N) is 2. The summed E-state index contributed by atoms with van der Waals surface area (Å²) >= 11 is 0. The second-order valence-electron chi connectivity index (χ2n) is 4.40. The monoisotopic (exact) mass is 263 g/mol. The second-order valence-corrected chi connectivity index (χ2v) is 4.40. The summed E-state index contributed by atoms with van der Waals surface area (Å²) in [6.45, 7) is 0. The molecule has 0 amide bonds. The van der Waals surface area contributed by atoms with E-state index >= 15 is 0 Å². The van der Waals surface area contributed by atoms with E-state index in [1.807, 2.05) is 47.6 Å². The van der Waals surface area contributed by atoms with Crippen molar-refractivity contribution < 1.29 is 0 Å². The molecule has 1 aliphatic rings. The third-order valence-corrected chi connectivity index (χ3v) is 3.16. The summed E-state index contributed by atoms with van der Waals surface area (Å²) in [7, 11) is 0. The van der Waals surface area contributed by atoms with Crippen LogP contribution in [-0.2, 0) is 0 Å². The summed E-state index contributed by atoms with van der Waals surface area (Å²) in [6, 6.07) is 19.8. The van der Waals surface area contributed by atoms with Crippen LogP contribution in [0.3, 0.4) is 0 Å². The third kappa shape index (κ3) is 2.32. The highest BCUT2D eigenvalue weighted by Crippen LogP contribution is 2.26. The van der Waals surface area contributed by atoms with Crippen molar-refractivity contribution >= 4 is 6.34 Å². The summed E-state index contributed by atoms with van der Waals surface area (Å²) in [5.74, 6) is 0. The minimum atomic E-state index is -0.0357. The molecule has 1 unspecified atom stereocenters. The Morgan fingerprint density at radius 3 is 2.30 bits per heavy atom. The van der Waals surface area contributed by atoms with E-state index in [1.54, 1.807) is 6.34 Å². The lowest BCUT2D eigenvalue weighted by Crippen LogP contribution is -2.42. The second kappa shape index (κ2) is 5.43. The average molecular weight is 263 g/mol. The Balaban J connectivity index is 1.98. The molecule has 2 N–H and O–H groups in total. The van der Waals surface area contributed by atoms with Gasteiger partial charge in [0.2, 0.25) is 0 Å². The number of nitrogens with zero attached hydrogens (tertiary/aromatic N) is 3. The van der Waals surface area contributed by atoms with Crippen LogP contribution in [0, 0.1) is 11.3 Å². The molecule has 2 aromatic carbocycles. The highest BCUT2D eigenvalue weighted by molar-refractivity contribution is 5.54. The molecule has 5 heteroatoms. The van der Waals surface area contributed by atoms with Crippen molar-refractivity contribution in [2.24, 2.45) is 5.10 Å². The number of hydrazone groups is 1. The van der Waals surface area contributed by atoms with E-state index in [4.69, 9.17) is 5.26 Å². The molecule has 0 aliphatic carbocycles. The van der Waals surface area contributed by atoms with Gasteiger partial charge >= 0.3 is 0 Å². The van der Waals surface area contributed by atoms with Gasteiger partial charge in [-0.2, -0.15) is 10.4 Å². The van der Waals surface area contributed by atoms with Gasteiger partial charge < -0.3 is 0 Å². The fraction of sp³-hybridized carbons (Fsp3) is 0.0667. The highest BCUT2D eigenvalue weighted by atomic mass is 15.9. The number of nitriles is 1. The van der Waals surface area contributed by atoms with Gasteiger partial charge in [-0.3, -0.25) is 5.43 Å². The van der Waals surface area contributed by atoms with Crippen molar-refractivity contribution in [2.75, 3.05) is 0 Å². The fourth-order valence-corrected chi connectivity index (χ4v) is 2.21. The molecular formula is C15H13N5. The average Bonchev–Trinajstić information content (AvgIpc) is 3.03. The van der Waals surface area contributed by atoms with Crippen molar-refractivity contribution in [1.29, 1.82) is 5.26 Å². The Bertz CT molecular complexity index is 634. The zero-order valence-corrected chi connectivity index (χ0v) is 10.7. The topological polar surface area (TPSA) is 63.5 Å². The third-order valence-electron chi connectivity index (χ3n) is 3.16. The molecule has 0 saturated carbocycles. The van der Waals surface area contributed by atoms with Crippen molar-refractivity contribution in [3.63, 3.8) is 0 Å². The predicted molar refractivity (Wildman–Crippen MR) is 76.0 cm³/mol. The summed E-state index contributed by atoms with van der Waals surface area (Å²) in [6.07, 6.45) is 1.60. The van der Waals surface area contributed by atoms with Gasteiger partial charge in [0.1, 0.15) is 12.4 Å². The molecule has 98 valence electrons. The minimum Gasteiger partial charge on any atom is -0.288 e. The van der Waals surface area contributed by atoms with Crippen LogP contribution in [0.25, 0.3) is 0 Å². The fourth-order valence-electron chi connectivity index (χ4n) is 2.21. The van der Waals surface area contributed by atoms with Crippen molar-refractivity contribution in [3.05, 3.63) is 71.3 Å². The molecule has 3 rings (SSSR count). The van der Waals surface area contributed by atoms with E-state index in [0.717, 1.165) is 11.1 Å². The molecule has 1 atom stereocenters. The van der Waals surface area contributed by atoms with Gasteiger partial charge in [-0.05, 0) is 23.3 Å². The highest BCUT2D eigenvalue weighted by Gasteiger charge is 2.23. The molecule has 20 heavy (non-hydrogen) atoms. The maximum atomic E-state index is 8.89. The van der Waals surface area contributed by atoms with E-state index < -0.39 is 0 Å². The van der Waals surface area contributed by atoms with E-state index in [9.17, 15) is 0 Å². The Hall–Kier alpha value is -2.84. The van der Waals surface area contributed by atoms with Gasteiger partial charge in [-0.15, -0.1) is 5.12 Å². The first-order valence-electron chi connectivity index (χ1n) is 6.26. The van der Waals surface area contributed by atoms with Crippen LogP contribution < -0.4 is 11.0 Å². The van der Waals surface area contributed by atoms with Crippen LogP contribution >= 0.6 is 0 Å². The van der Waals surface area contributed by atoms with Crippen LogP contribution in [0.4, 0.5) is 0 Å². The van der Waals surface area contributed by atoms with Crippen LogP contribution in [0.15, 0.2) is 59.7 Å². The largest absolute Gasteiger partial charge is 0.288 e. The molecular weight excluding hydrogens is 250 g/mol. The van der Waals surface area contributed by atoms with Crippen molar-refractivity contribution in [1.82, 2.24) is 16.1 Å². The van der Waals surface area contributed by atoms with Crippen LogP contribution in [-0.4, -0.2) is 11.5 Å². The van der Waals surface area contributed by atoms with Crippen LogP contribution in [0.5, 0.6) is 0 Å². The molecule has 0 fully saturated rings. The smallest absolute Gasteiger partial charge is 0.126 e. The first-order chi connectivity index (χ1) is 9.88. The Labute approximate surface area is 117 Å². The lowest BCUT2D eigenvalue weighted by Gasteiger charge is -2.27. The number of hydrogen-bond acceptors (Lipinski definition) is 5. The van der Waals surface area contributed by atoms with Crippen LogP contribution in [0.2, 0.25) is 0 Å². The van der Waals surface area contributed by atoms with Gasteiger partial charge in [0.25, 0.3) is 0 Å². The lowest BCUT2D eigenvalue weighted by atomic mass is 9.98. The number of benzene rings is 2. The molecule has 1 heterocycles. The maximum absolute atomic E-state index is 8.89. The van der Waals surface area contributed by atoms with Gasteiger partial charge in [-0.1, -0.05) is 42.5 Å². The summed E-state index contributed by atoms with van der Waals surface area (Å²) in [5.41, 5.74) is 8.81. The Morgan fingerprint density at radius 2 is 1.70 bits per heavy atom.